The third kappa shape index (κ3) is 1.44. The van der Waals surface area contributed by atoms with Gasteiger partial charge in [0.05, 0.1) is 12.2 Å². The molecule has 6 heteroatoms. The molecule has 2 rings (SSSR count). The Balaban J connectivity index is 2.43. The SMILES string of the molecule is CC(C)[C@@H](N)c1ncc2nncn2n1. The first-order chi connectivity index (χ1) is 6.68. The Kier molecular flexibility index (Phi) is 2.12. The molecule has 0 aliphatic rings. The molecule has 2 aromatic heterocycles. The number of aromatic nitrogens is 5. The largest absolute Gasteiger partial charge is 0.321 e. The van der Waals surface area contributed by atoms with E-state index in [4.69, 9.17) is 5.73 Å². The van der Waals surface area contributed by atoms with Crippen LogP contribution in [0.2, 0.25) is 0 Å². The van der Waals surface area contributed by atoms with E-state index in [1.165, 1.54) is 6.33 Å². The fourth-order valence-electron chi connectivity index (χ4n) is 1.11. The summed E-state index contributed by atoms with van der Waals surface area (Å²) in [5.41, 5.74) is 6.55. The first-order valence-corrected chi connectivity index (χ1v) is 4.47. The van der Waals surface area contributed by atoms with Gasteiger partial charge in [0.1, 0.15) is 6.33 Å². The van der Waals surface area contributed by atoms with E-state index in [1.807, 2.05) is 13.8 Å². The molecule has 74 valence electrons. The lowest BCUT2D eigenvalue weighted by Crippen LogP contribution is -2.20. The highest BCUT2D eigenvalue weighted by Gasteiger charge is 2.14. The molecule has 0 saturated carbocycles. The van der Waals surface area contributed by atoms with Crippen LogP contribution >= 0.6 is 0 Å². The van der Waals surface area contributed by atoms with E-state index in [0.717, 1.165) is 0 Å². The predicted octanol–water partition coefficient (Wildman–Crippen LogP) is 0.175. The molecule has 0 amide bonds. The van der Waals surface area contributed by atoms with Gasteiger partial charge in [0.15, 0.2) is 11.5 Å². The summed E-state index contributed by atoms with van der Waals surface area (Å²) in [5.74, 6) is 0.927. The van der Waals surface area contributed by atoms with Crippen molar-refractivity contribution in [3.63, 3.8) is 0 Å². The monoisotopic (exact) mass is 192 g/mol. The average Bonchev–Trinajstić information content (AvgIpc) is 2.62. The molecule has 0 radical (unpaired) electrons. The van der Waals surface area contributed by atoms with Crippen LogP contribution in [0.25, 0.3) is 5.65 Å². The summed E-state index contributed by atoms with van der Waals surface area (Å²) in [4.78, 5) is 4.14. The van der Waals surface area contributed by atoms with E-state index >= 15 is 0 Å². The Morgan fingerprint density at radius 3 is 2.93 bits per heavy atom. The van der Waals surface area contributed by atoms with Crippen molar-refractivity contribution in [2.45, 2.75) is 19.9 Å². The van der Waals surface area contributed by atoms with Crippen LogP contribution in [0, 0.1) is 5.92 Å². The quantitative estimate of drug-likeness (QED) is 0.733. The van der Waals surface area contributed by atoms with Crippen molar-refractivity contribution in [2.24, 2.45) is 11.7 Å². The van der Waals surface area contributed by atoms with Gasteiger partial charge in [0, 0.05) is 0 Å². The minimum Gasteiger partial charge on any atom is -0.321 e. The highest BCUT2D eigenvalue weighted by atomic mass is 15.4. The lowest BCUT2D eigenvalue weighted by atomic mass is 10.1. The summed E-state index contributed by atoms with van der Waals surface area (Å²) in [6.45, 7) is 4.06. The summed E-state index contributed by atoms with van der Waals surface area (Å²) in [5, 5.41) is 11.7. The molecule has 1 atom stereocenters. The van der Waals surface area contributed by atoms with E-state index in [1.54, 1.807) is 10.7 Å². The maximum Gasteiger partial charge on any atom is 0.195 e. The fourth-order valence-corrected chi connectivity index (χ4v) is 1.11. The Hall–Kier alpha value is -1.56. The molecule has 6 nitrogen and oxygen atoms in total. The molecule has 2 heterocycles. The zero-order valence-corrected chi connectivity index (χ0v) is 8.12. The Morgan fingerprint density at radius 1 is 1.43 bits per heavy atom. The van der Waals surface area contributed by atoms with Crippen LogP contribution in [0.15, 0.2) is 12.5 Å². The van der Waals surface area contributed by atoms with Gasteiger partial charge in [-0.15, -0.1) is 15.3 Å². The van der Waals surface area contributed by atoms with E-state index in [-0.39, 0.29) is 6.04 Å². The van der Waals surface area contributed by atoms with Crippen molar-refractivity contribution in [1.82, 2.24) is 24.8 Å². The predicted molar refractivity (Wildman–Crippen MR) is 50.3 cm³/mol. The molecule has 0 saturated heterocycles. The number of hydrogen-bond donors (Lipinski definition) is 1. The molecule has 14 heavy (non-hydrogen) atoms. The molecule has 0 bridgehead atoms. The Bertz CT molecular complexity index is 434. The summed E-state index contributed by atoms with van der Waals surface area (Å²) in [7, 11) is 0. The van der Waals surface area contributed by atoms with Crippen LogP contribution < -0.4 is 5.73 Å². The third-order valence-electron chi connectivity index (χ3n) is 2.09. The molecular weight excluding hydrogens is 180 g/mol. The highest BCUT2D eigenvalue weighted by molar-refractivity contribution is 5.30. The Morgan fingerprint density at radius 2 is 2.21 bits per heavy atom. The molecule has 0 unspecified atom stereocenters. The van der Waals surface area contributed by atoms with E-state index in [9.17, 15) is 0 Å². The minimum atomic E-state index is -0.151. The van der Waals surface area contributed by atoms with Crippen molar-refractivity contribution < 1.29 is 0 Å². The fraction of sp³-hybridized carbons (Fsp3) is 0.500. The zero-order valence-electron chi connectivity index (χ0n) is 8.12. The van der Waals surface area contributed by atoms with Crippen LogP contribution in [0.4, 0.5) is 0 Å². The van der Waals surface area contributed by atoms with Crippen LogP contribution in [0.5, 0.6) is 0 Å². The van der Waals surface area contributed by atoms with Crippen molar-refractivity contribution in [3.05, 3.63) is 18.3 Å². The van der Waals surface area contributed by atoms with Gasteiger partial charge in [-0.05, 0) is 5.92 Å². The molecule has 2 aromatic rings. The van der Waals surface area contributed by atoms with E-state index in [2.05, 4.69) is 20.3 Å². The van der Waals surface area contributed by atoms with Crippen molar-refractivity contribution in [1.29, 1.82) is 0 Å². The first kappa shape index (κ1) is 9.01. The maximum atomic E-state index is 5.92. The van der Waals surface area contributed by atoms with Gasteiger partial charge in [-0.25, -0.2) is 4.98 Å². The third-order valence-corrected chi connectivity index (χ3v) is 2.09. The molecule has 0 aromatic carbocycles. The van der Waals surface area contributed by atoms with Crippen LogP contribution in [0.1, 0.15) is 25.7 Å². The van der Waals surface area contributed by atoms with Crippen molar-refractivity contribution in [3.8, 4) is 0 Å². The number of rotatable bonds is 2. The molecular formula is C8H12N6. The van der Waals surface area contributed by atoms with E-state index < -0.39 is 0 Å². The smallest absolute Gasteiger partial charge is 0.195 e. The van der Waals surface area contributed by atoms with Gasteiger partial charge < -0.3 is 5.73 Å². The van der Waals surface area contributed by atoms with Gasteiger partial charge in [0.2, 0.25) is 0 Å². The van der Waals surface area contributed by atoms with Gasteiger partial charge >= 0.3 is 0 Å². The number of nitrogens with two attached hydrogens (primary N) is 1. The average molecular weight is 192 g/mol. The minimum absolute atomic E-state index is 0.151. The molecule has 0 spiro atoms. The zero-order chi connectivity index (χ0) is 10.1. The summed E-state index contributed by atoms with van der Waals surface area (Å²) in [6, 6.07) is -0.151. The number of nitrogens with zero attached hydrogens (tertiary/aromatic N) is 5. The lowest BCUT2D eigenvalue weighted by Gasteiger charge is -2.12. The maximum absolute atomic E-state index is 5.92. The van der Waals surface area contributed by atoms with Gasteiger partial charge in [-0.1, -0.05) is 13.8 Å². The van der Waals surface area contributed by atoms with Crippen molar-refractivity contribution >= 4 is 5.65 Å². The summed E-state index contributed by atoms with van der Waals surface area (Å²) in [6.07, 6.45) is 3.16. The molecule has 0 aliphatic heterocycles. The number of fused-ring (bicyclic) bond motifs is 1. The molecule has 2 N–H and O–H groups in total. The van der Waals surface area contributed by atoms with Gasteiger partial charge in [-0.3, -0.25) is 0 Å². The second-order valence-electron chi connectivity index (χ2n) is 3.52. The van der Waals surface area contributed by atoms with Crippen molar-refractivity contribution in [2.75, 3.05) is 0 Å². The highest BCUT2D eigenvalue weighted by Crippen LogP contribution is 2.13. The summed E-state index contributed by atoms with van der Waals surface area (Å²) >= 11 is 0. The summed E-state index contributed by atoms with van der Waals surface area (Å²) < 4.78 is 1.57. The topological polar surface area (TPSA) is 82.0 Å². The molecule has 0 aliphatic carbocycles. The van der Waals surface area contributed by atoms with Gasteiger partial charge in [-0.2, -0.15) is 4.52 Å². The molecule has 0 fully saturated rings. The number of hydrogen-bond acceptors (Lipinski definition) is 5. The normalized spacial score (nSPS) is 13.7. The van der Waals surface area contributed by atoms with E-state index in [0.29, 0.717) is 17.4 Å². The van der Waals surface area contributed by atoms with Gasteiger partial charge in [0.25, 0.3) is 0 Å². The first-order valence-electron chi connectivity index (χ1n) is 4.47. The standard InChI is InChI=1S/C8H12N6/c1-5(2)7(9)8-10-3-6-12-11-4-14(6)13-8/h3-5,7H,9H2,1-2H3/t7-/m1/s1. The van der Waals surface area contributed by atoms with Crippen LogP contribution in [-0.2, 0) is 0 Å². The van der Waals surface area contributed by atoms with Crippen LogP contribution in [-0.4, -0.2) is 24.8 Å². The lowest BCUT2D eigenvalue weighted by molar-refractivity contribution is 0.482. The Labute approximate surface area is 81.2 Å². The second kappa shape index (κ2) is 3.30. The second-order valence-corrected chi connectivity index (χ2v) is 3.52. The van der Waals surface area contributed by atoms with Crippen LogP contribution in [0.3, 0.4) is 0 Å².